The number of Topliss-reactive ketones (excluding diaryl/α,β-unsaturated/α-hetero) is 1. The highest BCUT2D eigenvalue weighted by Crippen LogP contribution is 2.37. The van der Waals surface area contributed by atoms with Crippen molar-refractivity contribution in [2.75, 3.05) is 7.11 Å². The predicted molar refractivity (Wildman–Crippen MR) is 59.7 cm³/mol. The summed E-state index contributed by atoms with van der Waals surface area (Å²) in [7, 11) is 1.80. The standard InChI is InChI=1S/C13H22O2/c1-15-13-9-5-3-7-11(13)10-6-2-4-8-12(10)14/h10-11,13H,2-9H2,1H3. The van der Waals surface area contributed by atoms with Crippen molar-refractivity contribution in [1.29, 1.82) is 0 Å². The van der Waals surface area contributed by atoms with E-state index < -0.39 is 0 Å². The molecule has 2 aliphatic carbocycles. The molecule has 3 unspecified atom stereocenters. The molecule has 2 nitrogen and oxygen atoms in total. The molecule has 0 spiro atoms. The second-order valence-corrected chi connectivity index (χ2v) is 5.04. The molecule has 0 radical (unpaired) electrons. The molecule has 2 aliphatic rings. The highest BCUT2D eigenvalue weighted by atomic mass is 16.5. The van der Waals surface area contributed by atoms with E-state index in [1.54, 1.807) is 7.11 Å². The summed E-state index contributed by atoms with van der Waals surface area (Å²) in [5.74, 6) is 1.36. The van der Waals surface area contributed by atoms with Crippen LogP contribution in [-0.2, 0) is 9.53 Å². The summed E-state index contributed by atoms with van der Waals surface area (Å²) in [4.78, 5) is 11.9. The SMILES string of the molecule is COC1CCCCC1C1CCCCC1=O. The highest BCUT2D eigenvalue weighted by molar-refractivity contribution is 5.82. The Hall–Kier alpha value is -0.370. The zero-order chi connectivity index (χ0) is 10.7. The first kappa shape index (κ1) is 11.1. The van der Waals surface area contributed by atoms with Crippen LogP contribution in [0.2, 0.25) is 0 Å². The number of carbonyl (C=O) groups is 1. The van der Waals surface area contributed by atoms with Crippen LogP contribution in [0.3, 0.4) is 0 Å². The number of methoxy groups -OCH3 is 1. The van der Waals surface area contributed by atoms with Crippen LogP contribution in [0.15, 0.2) is 0 Å². The number of ketones is 1. The summed E-state index contributed by atoms with van der Waals surface area (Å²) in [5, 5.41) is 0. The molecule has 2 saturated carbocycles. The third kappa shape index (κ3) is 2.41. The van der Waals surface area contributed by atoms with Gasteiger partial charge in [-0.05, 0) is 31.6 Å². The van der Waals surface area contributed by atoms with Crippen molar-refractivity contribution in [2.24, 2.45) is 11.8 Å². The number of hydrogen-bond donors (Lipinski definition) is 0. The Labute approximate surface area is 92.4 Å². The fourth-order valence-corrected chi connectivity index (χ4v) is 3.34. The minimum absolute atomic E-state index is 0.323. The van der Waals surface area contributed by atoms with E-state index in [2.05, 4.69) is 0 Å². The molecule has 0 bridgehead atoms. The summed E-state index contributed by atoms with van der Waals surface area (Å²) in [6, 6.07) is 0. The van der Waals surface area contributed by atoms with Gasteiger partial charge in [-0.3, -0.25) is 4.79 Å². The van der Waals surface area contributed by atoms with Crippen molar-refractivity contribution in [1.82, 2.24) is 0 Å². The minimum atomic E-state index is 0.323. The summed E-state index contributed by atoms with van der Waals surface area (Å²) in [6.45, 7) is 0. The van der Waals surface area contributed by atoms with E-state index >= 15 is 0 Å². The Morgan fingerprint density at radius 1 is 1.07 bits per heavy atom. The molecule has 0 aromatic carbocycles. The van der Waals surface area contributed by atoms with Gasteiger partial charge < -0.3 is 4.74 Å². The van der Waals surface area contributed by atoms with Gasteiger partial charge in [-0.1, -0.05) is 19.3 Å². The maximum atomic E-state index is 11.9. The molecule has 0 heterocycles. The van der Waals surface area contributed by atoms with Crippen molar-refractivity contribution < 1.29 is 9.53 Å². The molecule has 0 aromatic rings. The molecule has 2 heteroatoms. The van der Waals surface area contributed by atoms with E-state index in [0.717, 1.165) is 25.7 Å². The Bertz CT molecular complexity index is 225. The van der Waals surface area contributed by atoms with E-state index in [1.165, 1.54) is 25.7 Å². The van der Waals surface area contributed by atoms with Crippen molar-refractivity contribution >= 4 is 5.78 Å². The number of carbonyl (C=O) groups excluding carboxylic acids is 1. The maximum Gasteiger partial charge on any atom is 0.136 e. The lowest BCUT2D eigenvalue weighted by Crippen LogP contribution is -2.37. The quantitative estimate of drug-likeness (QED) is 0.700. The highest BCUT2D eigenvalue weighted by Gasteiger charge is 2.36. The first-order valence-electron chi connectivity index (χ1n) is 6.38. The van der Waals surface area contributed by atoms with Gasteiger partial charge in [-0.15, -0.1) is 0 Å². The molecular formula is C13H22O2. The Kier molecular flexibility index (Phi) is 3.79. The second kappa shape index (κ2) is 5.11. The van der Waals surface area contributed by atoms with Crippen LogP contribution < -0.4 is 0 Å². The normalized spacial score (nSPS) is 37.9. The zero-order valence-corrected chi connectivity index (χ0v) is 9.71. The fraction of sp³-hybridized carbons (Fsp3) is 0.923. The van der Waals surface area contributed by atoms with Crippen molar-refractivity contribution in [2.45, 2.75) is 57.5 Å². The van der Waals surface area contributed by atoms with Gasteiger partial charge >= 0.3 is 0 Å². The Morgan fingerprint density at radius 3 is 2.53 bits per heavy atom. The largest absolute Gasteiger partial charge is 0.381 e. The van der Waals surface area contributed by atoms with Crippen LogP contribution in [-0.4, -0.2) is 19.0 Å². The number of hydrogen-bond acceptors (Lipinski definition) is 2. The van der Waals surface area contributed by atoms with Crippen molar-refractivity contribution in [3.05, 3.63) is 0 Å². The van der Waals surface area contributed by atoms with Gasteiger partial charge in [-0.2, -0.15) is 0 Å². The third-order valence-electron chi connectivity index (χ3n) is 4.18. The molecular weight excluding hydrogens is 188 g/mol. The van der Waals surface area contributed by atoms with E-state index in [9.17, 15) is 4.79 Å². The van der Waals surface area contributed by atoms with Gasteiger partial charge in [0.25, 0.3) is 0 Å². The molecule has 0 aromatic heterocycles. The van der Waals surface area contributed by atoms with Gasteiger partial charge in [0, 0.05) is 19.4 Å². The minimum Gasteiger partial charge on any atom is -0.381 e. The van der Waals surface area contributed by atoms with Gasteiger partial charge in [0.2, 0.25) is 0 Å². The van der Waals surface area contributed by atoms with E-state index in [0.29, 0.717) is 23.7 Å². The van der Waals surface area contributed by atoms with E-state index in [1.807, 2.05) is 0 Å². The summed E-state index contributed by atoms with van der Waals surface area (Å²) in [6.07, 6.45) is 9.56. The second-order valence-electron chi connectivity index (χ2n) is 5.04. The molecule has 86 valence electrons. The van der Waals surface area contributed by atoms with Crippen LogP contribution >= 0.6 is 0 Å². The topological polar surface area (TPSA) is 26.3 Å². The Balaban J connectivity index is 2.02. The van der Waals surface area contributed by atoms with Crippen molar-refractivity contribution in [3.8, 4) is 0 Å². The molecule has 3 atom stereocenters. The molecule has 0 saturated heterocycles. The van der Waals surface area contributed by atoms with Crippen LogP contribution in [0.5, 0.6) is 0 Å². The van der Waals surface area contributed by atoms with Crippen LogP contribution in [0.25, 0.3) is 0 Å². The molecule has 0 amide bonds. The first-order chi connectivity index (χ1) is 7.33. The third-order valence-corrected chi connectivity index (χ3v) is 4.18. The van der Waals surface area contributed by atoms with Gasteiger partial charge in [0.15, 0.2) is 0 Å². The van der Waals surface area contributed by atoms with Crippen LogP contribution in [0, 0.1) is 11.8 Å². The lowest BCUT2D eigenvalue weighted by atomic mass is 9.71. The lowest BCUT2D eigenvalue weighted by molar-refractivity contribution is -0.130. The van der Waals surface area contributed by atoms with Crippen LogP contribution in [0.1, 0.15) is 51.4 Å². The monoisotopic (exact) mass is 210 g/mol. The molecule has 15 heavy (non-hydrogen) atoms. The van der Waals surface area contributed by atoms with Gasteiger partial charge in [0.1, 0.15) is 5.78 Å². The molecule has 0 N–H and O–H groups in total. The molecule has 2 rings (SSSR count). The van der Waals surface area contributed by atoms with E-state index in [4.69, 9.17) is 4.74 Å². The maximum absolute atomic E-state index is 11.9. The van der Waals surface area contributed by atoms with Gasteiger partial charge in [-0.25, -0.2) is 0 Å². The lowest BCUT2D eigenvalue weighted by Gasteiger charge is -2.37. The summed E-state index contributed by atoms with van der Waals surface area (Å²) >= 11 is 0. The number of rotatable bonds is 2. The molecule has 2 fully saturated rings. The first-order valence-corrected chi connectivity index (χ1v) is 6.38. The van der Waals surface area contributed by atoms with Crippen molar-refractivity contribution in [3.63, 3.8) is 0 Å². The molecule has 0 aliphatic heterocycles. The summed E-state index contributed by atoms with van der Waals surface area (Å²) in [5.41, 5.74) is 0. The van der Waals surface area contributed by atoms with Gasteiger partial charge in [0.05, 0.1) is 6.10 Å². The predicted octanol–water partition coefficient (Wildman–Crippen LogP) is 2.95. The zero-order valence-electron chi connectivity index (χ0n) is 9.71. The average Bonchev–Trinajstić information content (AvgIpc) is 2.30. The number of ether oxygens (including phenoxy) is 1. The van der Waals surface area contributed by atoms with E-state index in [-0.39, 0.29) is 0 Å². The summed E-state index contributed by atoms with van der Waals surface area (Å²) < 4.78 is 5.55. The average molecular weight is 210 g/mol. The Morgan fingerprint density at radius 2 is 1.80 bits per heavy atom. The smallest absolute Gasteiger partial charge is 0.136 e. The fourth-order valence-electron chi connectivity index (χ4n) is 3.34. The van der Waals surface area contributed by atoms with Crippen LogP contribution in [0.4, 0.5) is 0 Å².